The number of hydrogen-bond acceptors (Lipinski definition) is 1. The summed E-state index contributed by atoms with van der Waals surface area (Å²) in [5.74, 6) is -0.204. The molecule has 0 N–H and O–H groups in total. The van der Waals surface area contributed by atoms with E-state index in [1.807, 2.05) is 36.1 Å². The van der Waals surface area contributed by atoms with Gasteiger partial charge in [-0.25, -0.2) is 4.39 Å². The lowest BCUT2D eigenvalue weighted by atomic mass is 10.2. The SMILES string of the molecule is CCN(c1ccc(CBr)c(Br)c1)c1ccccc1F. The van der Waals surface area contributed by atoms with Crippen LogP contribution in [0.1, 0.15) is 12.5 Å². The summed E-state index contributed by atoms with van der Waals surface area (Å²) in [7, 11) is 0. The number of anilines is 2. The van der Waals surface area contributed by atoms with Crippen LogP contribution < -0.4 is 4.90 Å². The van der Waals surface area contributed by atoms with Crippen LogP contribution in [0.15, 0.2) is 46.9 Å². The van der Waals surface area contributed by atoms with E-state index in [2.05, 4.69) is 31.9 Å². The van der Waals surface area contributed by atoms with Crippen LogP contribution in [0.25, 0.3) is 0 Å². The summed E-state index contributed by atoms with van der Waals surface area (Å²) in [4.78, 5) is 1.96. The van der Waals surface area contributed by atoms with Gasteiger partial charge in [0.1, 0.15) is 5.82 Å². The minimum atomic E-state index is -0.204. The van der Waals surface area contributed by atoms with Crippen molar-refractivity contribution < 1.29 is 4.39 Å². The Morgan fingerprint density at radius 2 is 1.89 bits per heavy atom. The van der Waals surface area contributed by atoms with Gasteiger partial charge in [0.05, 0.1) is 5.69 Å². The second-order valence-corrected chi connectivity index (χ2v) is 5.52. The average molecular weight is 387 g/mol. The van der Waals surface area contributed by atoms with Crippen molar-refractivity contribution in [3.8, 4) is 0 Å². The van der Waals surface area contributed by atoms with Gasteiger partial charge in [0.15, 0.2) is 0 Å². The number of hydrogen-bond donors (Lipinski definition) is 0. The lowest BCUT2D eigenvalue weighted by Gasteiger charge is -2.24. The van der Waals surface area contributed by atoms with Gasteiger partial charge in [0.2, 0.25) is 0 Å². The van der Waals surface area contributed by atoms with Gasteiger partial charge < -0.3 is 4.90 Å². The Morgan fingerprint density at radius 1 is 1.16 bits per heavy atom. The van der Waals surface area contributed by atoms with Crippen LogP contribution in [-0.4, -0.2) is 6.54 Å². The molecule has 0 radical (unpaired) electrons. The molecular formula is C15H14Br2FN. The van der Waals surface area contributed by atoms with Gasteiger partial charge in [-0.05, 0) is 36.8 Å². The predicted molar refractivity (Wildman–Crippen MR) is 85.9 cm³/mol. The maximum Gasteiger partial charge on any atom is 0.146 e. The minimum absolute atomic E-state index is 0.204. The van der Waals surface area contributed by atoms with E-state index in [9.17, 15) is 4.39 Å². The number of benzene rings is 2. The molecule has 0 unspecified atom stereocenters. The third-order valence-electron chi connectivity index (χ3n) is 2.95. The zero-order valence-electron chi connectivity index (χ0n) is 10.5. The molecule has 0 aliphatic heterocycles. The van der Waals surface area contributed by atoms with Gasteiger partial charge in [0, 0.05) is 22.0 Å². The molecule has 1 nitrogen and oxygen atoms in total. The van der Waals surface area contributed by atoms with Crippen molar-refractivity contribution in [2.24, 2.45) is 0 Å². The summed E-state index contributed by atoms with van der Waals surface area (Å²) in [5, 5.41) is 0.791. The normalized spacial score (nSPS) is 10.5. The maximum atomic E-state index is 13.9. The Bertz CT molecular complexity index is 572. The van der Waals surface area contributed by atoms with Gasteiger partial charge >= 0.3 is 0 Å². The van der Waals surface area contributed by atoms with E-state index in [1.54, 1.807) is 12.1 Å². The monoisotopic (exact) mass is 385 g/mol. The van der Waals surface area contributed by atoms with Crippen molar-refractivity contribution in [2.75, 3.05) is 11.4 Å². The second kappa shape index (κ2) is 6.53. The standard InChI is InChI=1S/C15H14Br2FN/c1-2-19(15-6-4-3-5-14(15)18)12-8-7-11(10-16)13(17)9-12/h3-9H,2,10H2,1H3. The highest BCUT2D eigenvalue weighted by Crippen LogP contribution is 2.31. The highest BCUT2D eigenvalue weighted by molar-refractivity contribution is 9.10. The molecule has 19 heavy (non-hydrogen) atoms. The molecule has 0 bridgehead atoms. The molecule has 0 saturated carbocycles. The van der Waals surface area contributed by atoms with Crippen molar-refractivity contribution in [3.63, 3.8) is 0 Å². The topological polar surface area (TPSA) is 3.24 Å². The molecule has 2 aromatic carbocycles. The summed E-state index contributed by atoms with van der Waals surface area (Å²) >= 11 is 6.99. The Balaban J connectivity index is 2.43. The van der Waals surface area contributed by atoms with Crippen LogP contribution >= 0.6 is 31.9 Å². The van der Waals surface area contributed by atoms with Gasteiger partial charge in [-0.2, -0.15) is 0 Å². The smallest absolute Gasteiger partial charge is 0.146 e. The summed E-state index contributed by atoms with van der Waals surface area (Å²) in [6.07, 6.45) is 0. The van der Waals surface area contributed by atoms with Crippen LogP contribution in [0, 0.1) is 5.82 Å². The highest BCUT2D eigenvalue weighted by Gasteiger charge is 2.12. The van der Waals surface area contributed by atoms with Crippen LogP contribution in [0.3, 0.4) is 0 Å². The Kier molecular flexibility index (Phi) is 4.99. The van der Waals surface area contributed by atoms with Crippen molar-refractivity contribution in [3.05, 3.63) is 58.3 Å². The second-order valence-electron chi connectivity index (χ2n) is 4.11. The van der Waals surface area contributed by atoms with Gasteiger partial charge in [0.25, 0.3) is 0 Å². The van der Waals surface area contributed by atoms with E-state index in [0.29, 0.717) is 12.2 Å². The first-order valence-corrected chi connectivity index (χ1v) is 7.95. The maximum absolute atomic E-state index is 13.9. The van der Waals surface area contributed by atoms with Gasteiger partial charge in [-0.1, -0.05) is 50.1 Å². The third kappa shape index (κ3) is 3.18. The molecule has 2 rings (SSSR count). The van der Waals surface area contributed by atoms with E-state index >= 15 is 0 Å². The molecular weight excluding hydrogens is 373 g/mol. The summed E-state index contributed by atoms with van der Waals surface area (Å²) in [5.41, 5.74) is 2.75. The number of para-hydroxylation sites is 1. The van der Waals surface area contributed by atoms with E-state index < -0.39 is 0 Å². The molecule has 100 valence electrons. The van der Waals surface area contributed by atoms with Crippen LogP contribution in [0.4, 0.5) is 15.8 Å². The molecule has 0 aliphatic carbocycles. The number of halogens is 3. The first-order chi connectivity index (χ1) is 9.17. The fourth-order valence-corrected chi connectivity index (χ4v) is 3.35. The van der Waals surface area contributed by atoms with Crippen molar-refractivity contribution >= 4 is 43.2 Å². The molecule has 0 fully saturated rings. The summed E-state index contributed by atoms with van der Waals surface area (Å²) in [6, 6.07) is 12.9. The van der Waals surface area contributed by atoms with Gasteiger partial charge in [-0.3, -0.25) is 0 Å². The average Bonchev–Trinajstić information content (AvgIpc) is 2.42. The van der Waals surface area contributed by atoms with Crippen LogP contribution in [0.5, 0.6) is 0 Å². The molecule has 0 saturated heterocycles. The fraction of sp³-hybridized carbons (Fsp3) is 0.200. The largest absolute Gasteiger partial charge is 0.339 e. The molecule has 4 heteroatoms. The summed E-state index contributed by atoms with van der Waals surface area (Å²) in [6.45, 7) is 2.72. The number of alkyl halides is 1. The lowest BCUT2D eigenvalue weighted by Crippen LogP contribution is -2.17. The van der Waals surface area contributed by atoms with E-state index in [-0.39, 0.29) is 5.82 Å². The molecule has 0 aliphatic rings. The van der Waals surface area contributed by atoms with Crippen molar-refractivity contribution in [1.82, 2.24) is 0 Å². The molecule has 0 heterocycles. The number of rotatable bonds is 4. The minimum Gasteiger partial charge on any atom is -0.339 e. The predicted octanol–water partition coefficient (Wildman–Crippen LogP) is 5.64. The van der Waals surface area contributed by atoms with Crippen LogP contribution in [0.2, 0.25) is 0 Å². The Labute approximate surface area is 129 Å². The summed E-state index contributed by atoms with van der Waals surface area (Å²) < 4.78 is 14.9. The van der Waals surface area contributed by atoms with E-state index in [4.69, 9.17) is 0 Å². The Hall–Kier alpha value is -0.870. The molecule has 0 atom stereocenters. The van der Waals surface area contributed by atoms with Crippen molar-refractivity contribution in [2.45, 2.75) is 12.3 Å². The van der Waals surface area contributed by atoms with Crippen molar-refractivity contribution in [1.29, 1.82) is 0 Å². The molecule has 0 aromatic heterocycles. The highest BCUT2D eigenvalue weighted by atomic mass is 79.9. The Morgan fingerprint density at radius 3 is 2.47 bits per heavy atom. The number of nitrogens with zero attached hydrogens (tertiary/aromatic N) is 1. The molecule has 2 aromatic rings. The lowest BCUT2D eigenvalue weighted by molar-refractivity contribution is 0.625. The zero-order valence-corrected chi connectivity index (χ0v) is 13.7. The van der Waals surface area contributed by atoms with Crippen LogP contribution in [-0.2, 0) is 5.33 Å². The van der Waals surface area contributed by atoms with E-state index in [0.717, 1.165) is 15.5 Å². The zero-order chi connectivity index (χ0) is 13.8. The van der Waals surface area contributed by atoms with Gasteiger partial charge in [-0.15, -0.1) is 0 Å². The quantitative estimate of drug-likeness (QED) is 0.614. The third-order valence-corrected chi connectivity index (χ3v) is 4.29. The first-order valence-electron chi connectivity index (χ1n) is 6.03. The molecule has 0 amide bonds. The first kappa shape index (κ1) is 14.5. The fourth-order valence-electron chi connectivity index (χ4n) is 1.98. The molecule has 0 spiro atoms. The van der Waals surface area contributed by atoms with E-state index in [1.165, 1.54) is 11.6 Å².